The molecule has 3 rings (SSSR count). The van der Waals surface area contributed by atoms with Crippen LogP contribution in [0, 0.1) is 29.4 Å². The second-order valence-corrected chi connectivity index (χ2v) is 5.82. The van der Waals surface area contributed by atoms with Gasteiger partial charge in [-0.1, -0.05) is 6.42 Å². The van der Waals surface area contributed by atoms with E-state index in [9.17, 15) is 13.6 Å². The molecule has 102 valence electrons. The lowest BCUT2D eigenvalue weighted by molar-refractivity contribution is -0.117. The Hall–Kier alpha value is -1.45. The lowest BCUT2D eigenvalue weighted by atomic mass is 9.86. The molecule has 19 heavy (non-hydrogen) atoms. The fraction of sp³-hybridized carbons (Fsp3) is 0.533. The van der Waals surface area contributed by atoms with E-state index in [1.54, 1.807) is 0 Å². The molecule has 1 amide bonds. The van der Waals surface area contributed by atoms with E-state index in [0.717, 1.165) is 24.5 Å². The number of fused-ring (bicyclic) bond motifs is 2. The molecule has 4 heteroatoms. The average Bonchev–Trinajstić information content (AvgIpc) is 2.96. The molecule has 3 atom stereocenters. The van der Waals surface area contributed by atoms with Gasteiger partial charge in [0.25, 0.3) is 0 Å². The minimum atomic E-state index is -0.933. The number of amides is 1. The number of anilines is 1. The molecule has 2 fully saturated rings. The van der Waals surface area contributed by atoms with Gasteiger partial charge in [-0.05, 0) is 49.1 Å². The van der Waals surface area contributed by atoms with Gasteiger partial charge in [0, 0.05) is 18.2 Å². The first-order chi connectivity index (χ1) is 9.11. The standard InChI is InChI=1S/C15H17F2NO/c16-13-4-3-12(8-14(13)17)18-15(19)7-11-6-9-1-2-10(11)5-9/h3-4,8-11H,1-2,5-7H2,(H,18,19)/t9-,10+,11+/m0/s1. The van der Waals surface area contributed by atoms with Gasteiger partial charge in [-0.25, -0.2) is 8.78 Å². The van der Waals surface area contributed by atoms with E-state index >= 15 is 0 Å². The molecule has 0 radical (unpaired) electrons. The van der Waals surface area contributed by atoms with Crippen LogP contribution in [0.2, 0.25) is 0 Å². The molecule has 2 bridgehead atoms. The second-order valence-electron chi connectivity index (χ2n) is 5.82. The zero-order valence-corrected chi connectivity index (χ0v) is 10.7. The topological polar surface area (TPSA) is 29.1 Å². The van der Waals surface area contributed by atoms with Gasteiger partial charge in [0.05, 0.1) is 0 Å². The number of carbonyl (C=O) groups excluding carboxylic acids is 1. The molecular weight excluding hydrogens is 248 g/mol. The van der Waals surface area contributed by atoms with Crippen LogP contribution in [0.3, 0.4) is 0 Å². The summed E-state index contributed by atoms with van der Waals surface area (Å²) >= 11 is 0. The molecule has 0 spiro atoms. The Morgan fingerprint density at radius 1 is 1.21 bits per heavy atom. The first-order valence-corrected chi connectivity index (χ1v) is 6.86. The van der Waals surface area contributed by atoms with Gasteiger partial charge in [-0.3, -0.25) is 4.79 Å². The maximum atomic E-state index is 13.0. The van der Waals surface area contributed by atoms with Crippen molar-refractivity contribution < 1.29 is 13.6 Å². The molecule has 2 aliphatic rings. The van der Waals surface area contributed by atoms with Gasteiger partial charge in [-0.15, -0.1) is 0 Å². The van der Waals surface area contributed by atoms with Crippen LogP contribution in [0.25, 0.3) is 0 Å². The van der Waals surface area contributed by atoms with Gasteiger partial charge < -0.3 is 5.32 Å². The molecule has 1 N–H and O–H groups in total. The first-order valence-electron chi connectivity index (χ1n) is 6.86. The Kier molecular flexibility index (Phi) is 3.25. The summed E-state index contributed by atoms with van der Waals surface area (Å²) in [6.45, 7) is 0. The van der Waals surface area contributed by atoms with Crippen molar-refractivity contribution in [1.29, 1.82) is 0 Å². The number of halogens is 2. The van der Waals surface area contributed by atoms with E-state index < -0.39 is 11.6 Å². The van der Waals surface area contributed by atoms with Crippen LogP contribution in [0.15, 0.2) is 18.2 Å². The molecule has 0 aliphatic heterocycles. The van der Waals surface area contributed by atoms with Gasteiger partial charge in [-0.2, -0.15) is 0 Å². The fourth-order valence-corrected chi connectivity index (χ4v) is 3.65. The van der Waals surface area contributed by atoms with Gasteiger partial charge in [0.2, 0.25) is 5.91 Å². The van der Waals surface area contributed by atoms with E-state index in [1.807, 2.05) is 0 Å². The van der Waals surface area contributed by atoms with Crippen LogP contribution in [0.1, 0.15) is 32.1 Å². The van der Waals surface area contributed by atoms with E-state index in [-0.39, 0.29) is 5.91 Å². The number of hydrogen-bond acceptors (Lipinski definition) is 1. The van der Waals surface area contributed by atoms with Crippen molar-refractivity contribution >= 4 is 11.6 Å². The zero-order chi connectivity index (χ0) is 13.4. The number of carbonyl (C=O) groups is 1. The number of rotatable bonds is 3. The highest BCUT2D eigenvalue weighted by Gasteiger charge is 2.40. The molecule has 2 saturated carbocycles. The van der Waals surface area contributed by atoms with Crippen molar-refractivity contribution in [3.05, 3.63) is 29.8 Å². The Labute approximate surface area is 111 Å². The molecule has 0 unspecified atom stereocenters. The quantitative estimate of drug-likeness (QED) is 0.886. The minimum absolute atomic E-state index is 0.0939. The number of nitrogens with one attached hydrogen (secondary N) is 1. The summed E-state index contributed by atoms with van der Waals surface area (Å²) in [4.78, 5) is 11.9. The SMILES string of the molecule is O=C(C[C@H]1C[C@H]2CC[C@@H]1C2)Nc1ccc(F)c(F)c1. The minimum Gasteiger partial charge on any atom is -0.326 e. The lowest BCUT2D eigenvalue weighted by Crippen LogP contribution is -2.20. The van der Waals surface area contributed by atoms with Crippen molar-refractivity contribution in [2.24, 2.45) is 17.8 Å². The smallest absolute Gasteiger partial charge is 0.224 e. The van der Waals surface area contributed by atoms with E-state index in [2.05, 4.69) is 5.32 Å². The molecular formula is C15H17F2NO. The molecule has 1 aromatic rings. The summed E-state index contributed by atoms with van der Waals surface area (Å²) in [5.74, 6) is 0.0585. The average molecular weight is 265 g/mol. The third-order valence-electron chi connectivity index (χ3n) is 4.54. The van der Waals surface area contributed by atoms with Crippen molar-refractivity contribution in [3.8, 4) is 0 Å². The Morgan fingerprint density at radius 3 is 2.68 bits per heavy atom. The van der Waals surface area contributed by atoms with Gasteiger partial charge in [0.1, 0.15) is 0 Å². The molecule has 1 aromatic carbocycles. The summed E-state index contributed by atoms with van der Waals surface area (Å²) in [6, 6.07) is 3.44. The van der Waals surface area contributed by atoms with Crippen LogP contribution in [0.5, 0.6) is 0 Å². The van der Waals surface area contributed by atoms with Crippen molar-refractivity contribution in [1.82, 2.24) is 0 Å². The molecule has 0 heterocycles. The monoisotopic (exact) mass is 265 g/mol. The zero-order valence-electron chi connectivity index (χ0n) is 10.7. The summed E-state index contributed by atoms with van der Waals surface area (Å²) in [5, 5.41) is 2.65. The molecule has 2 aliphatic carbocycles. The summed E-state index contributed by atoms with van der Waals surface area (Å²) < 4.78 is 25.8. The third-order valence-corrected chi connectivity index (χ3v) is 4.54. The second kappa shape index (κ2) is 4.91. The van der Waals surface area contributed by atoms with Crippen LogP contribution in [-0.2, 0) is 4.79 Å². The van der Waals surface area contributed by atoms with Crippen LogP contribution < -0.4 is 5.32 Å². The summed E-state index contributed by atoms with van der Waals surface area (Å²) in [6.07, 6.45) is 5.47. The van der Waals surface area contributed by atoms with Crippen molar-refractivity contribution in [2.45, 2.75) is 32.1 Å². The molecule has 0 aromatic heterocycles. The first kappa shape index (κ1) is 12.6. The van der Waals surface area contributed by atoms with Crippen molar-refractivity contribution in [2.75, 3.05) is 5.32 Å². The number of benzene rings is 1. The van der Waals surface area contributed by atoms with Gasteiger partial charge in [0.15, 0.2) is 11.6 Å². The highest BCUT2D eigenvalue weighted by molar-refractivity contribution is 5.90. The Bertz CT molecular complexity index is 503. The highest BCUT2D eigenvalue weighted by atomic mass is 19.2. The molecule has 2 nitrogen and oxygen atoms in total. The largest absolute Gasteiger partial charge is 0.326 e. The van der Waals surface area contributed by atoms with Crippen LogP contribution >= 0.6 is 0 Å². The third kappa shape index (κ3) is 2.62. The van der Waals surface area contributed by atoms with E-state index in [1.165, 1.54) is 25.3 Å². The Morgan fingerprint density at radius 2 is 2.05 bits per heavy atom. The summed E-state index contributed by atoms with van der Waals surface area (Å²) in [5.41, 5.74) is 0.326. The van der Waals surface area contributed by atoms with Gasteiger partial charge >= 0.3 is 0 Å². The van der Waals surface area contributed by atoms with Crippen molar-refractivity contribution in [3.63, 3.8) is 0 Å². The lowest BCUT2D eigenvalue weighted by Gasteiger charge is -2.20. The molecule has 0 saturated heterocycles. The van der Waals surface area contributed by atoms with Crippen LogP contribution in [0.4, 0.5) is 14.5 Å². The van der Waals surface area contributed by atoms with Crippen LogP contribution in [-0.4, -0.2) is 5.91 Å². The maximum Gasteiger partial charge on any atom is 0.224 e. The fourth-order valence-electron chi connectivity index (χ4n) is 3.65. The maximum absolute atomic E-state index is 13.0. The number of hydrogen-bond donors (Lipinski definition) is 1. The predicted molar refractivity (Wildman–Crippen MR) is 68.5 cm³/mol. The predicted octanol–water partition coefficient (Wildman–Crippen LogP) is 3.73. The normalized spacial score (nSPS) is 28.6. The van der Waals surface area contributed by atoms with E-state index in [0.29, 0.717) is 23.9 Å². The highest BCUT2D eigenvalue weighted by Crippen LogP contribution is 2.49. The summed E-state index contributed by atoms with van der Waals surface area (Å²) in [7, 11) is 0. The Balaban J connectivity index is 1.57. The van der Waals surface area contributed by atoms with E-state index in [4.69, 9.17) is 0 Å².